The Labute approximate surface area is 150 Å². The second-order valence-electron chi connectivity index (χ2n) is 5.89. The fourth-order valence-electron chi connectivity index (χ4n) is 2.90. The predicted octanol–water partition coefficient (Wildman–Crippen LogP) is 3.29. The van der Waals surface area contributed by atoms with Crippen molar-refractivity contribution in [1.82, 2.24) is 5.43 Å². The molecule has 3 aromatic rings. The standard InChI is InChI=1S/C20H18N2O4/c1-2-15-14(13-7-3-4-8-16(13)25-15)11-21-22-20(23)19-12-24-17-9-5-6-10-18(17)26-19/h3-11,19H,2,12H2,1H3,(H,22,23)/b21-11-/t19-/m0/s1. The molecule has 0 unspecified atom stereocenters. The zero-order chi connectivity index (χ0) is 17.9. The van der Waals surface area contributed by atoms with Crippen LogP contribution in [0, 0.1) is 0 Å². The molecule has 1 aliphatic rings. The number of nitrogens with zero attached hydrogens (tertiary/aromatic N) is 1. The van der Waals surface area contributed by atoms with Crippen LogP contribution in [0.15, 0.2) is 58.0 Å². The van der Waals surface area contributed by atoms with Gasteiger partial charge in [-0.15, -0.1) is 0 Å². The maximum Gasteiger partial charge on any atom is 0.284 e. The minimum absolute atomic E-state index is 0.146. The Kier molecular flexibility index (Phi) is 4.31. The molecule has 0 fully saturated rings. The molecule has 0 saturated heterocycles. The second-order valence-corrected chi connectivity index (χ2v) is 5.89. The summed E-state index contributed by atoms with van der Waals surface area (Å²) in [6.45, 7) is 2.16. The van der Waals surface area contributed by atoms with Crippen LogP contribution in [0.2, 0.25) is 0 Å². The summed E-state index contributed by atoms with van der Waals surface area (Å²) in [4.78, 5) is 12.3. The summed E-state index contributed by atoms with van der Waals surface area (Å²) < 4.78 is 17.0. The fraction of sp³-hybridized carbons (Fsp3) is 0.200. The highest BCUT2D eigenvalue weighted by Crippen LogP contribution is 2.30. The molecule has 0 bridgehead atoms. The monoisotopic (exact) mass is 350 g/mol. The highest BCUT2D eigenvalue weighted by atomic mass is 16.6. The lowest BCUT2D eigenvalue weighted by Crippen LogP contribution is -2.42. The Morgan fingerprint density at radius 3 is 2.81 bits per heavy atom. The summed E-state index contributed by atoms with van der Waals surface area (Å²) in [5.41, 5.74) is 4.19. The number of hydrogen-bond donors (Lipinski definition) is 1. The molecule has 4 rings (SSSR count). The topological polar surface area (TPSA) is 73.1 Å². The third-order valence-electron chi connectivity index (χ3n) is 4.20. The molecule has 6 nitrogen and oxygen atoms in total. The van der Waals surface area contributed by atoms with Crippen molar-refractivity contribution in [3.05, 3.63) is 59.9 Å². The van der Waals surface area contributed by atoms with Crippen LogP contribution in [0.25, 0.3) is 11.0 Å². The number of amides is 1. The summed E-state index contributed by atoms with van der Waals surface area (Å²) >= 11 is 0. The molecule has 26 heavy (non-hydrogen) atoms. The number of benzene rings is 2. The molecule has 6 heteroatoms. The summed E-state index contributed by atoms with van der Waals surface area (Å²) in [6, 6.07) is 15.0. The Morgan fingerprint density at radius 1 is 1.19 bits per heavy atom. The van der Waals surface area contributed by atoms with E-state index in [-0.39, 0.29) is 12.5 Å². The van der Waals surface area contributed by atoms with Crippen molar-refractivity contribution in [2.24, 2.45) is 5.10 Å². The molecule has 1 atom stereocenters. The molecule has 0 aliphatic carbocycles. The Bertz CT molecular complexity index is 977. The van der Waals surface area contributed by atoms with Crippen molar-refractivity contribution < 1.29 is 18.7 Å². The molecule has 1 amide bonds. The number of fused-ring (bicyclic) bond motifs is 2. The molecule has 0 saturated carbocycles. The van der Waals surface area contributed by atoms with Gasteiger partial charge in [-0.05, 0) is 18.2 Å². The number of carbonyl (C=O) groups excluding carboxylic acids is 1. The number of hydrogen-bond acceptors (Lipinski definition) is 5. The first-order chi connectivity index (χ1) is 12.8. The van der Waals surface area contributed by atoms with E-state index in [1.807, 2.05) is 43.3 Å². The smallest absolute Gasteiger partial charge is 0.284 e. The number of hydrazone groups is 1. The third-order valence-corrected chi connectivity index (χ3v) is 4.20. The molecule has 2 aromatic carbocycles. The Hall–Kier alpha value is -3.28. The molecule has 1 N–H and O–H groups in total. The van der Waals surface area contributed by atoms with E-state index < -0.39 is 6.10 Å². The number of para-hydroxylation sites is 3. The molecule has 132 valence electrons. The Morgan fingerprint density at radius 2 is 1.96 bits per heavy atom. The van der Waals surface area contributed by atoms with Crippen molar-refractivity contribution >= 4 is 23.1 Å². The van der Waals surface area contributed by atoms with Gasteiger partial charge in [-0.2, -0.15) is 5.10 Å². The van der Waals surface area contributed by atoms with Crippen molar-refractivity contribution in [1.29, 1.82) is 0 Å². The maximum atomic E-state index is 12.3. The van der Waals surface area contributed by atoms with E-state index in [2.05, 4.69) is 10.5 Å². The highest BCUT2D eigenvalue weighted by Gasteiger charge is 2.27. The van der Waals surface area contributed by atoms with Crippen LogP contribution in [0.3, 0.4) is 0 Å². The first-order valence-electron chi connectivity index (χ1n) is 8.48. The zero-order valence-corrected chi connectivity index (χ0v) is 14.3. The zero-order valence-electron chi connectivity index (χ0n) is 14.3. The molecule has 1 aromatic heterocycles. The maximum absolute atomic E-state index is 12.3. The van der Waals surface area contributed by atoms with E-state index in [9.17, 15) is 4.79 Å². The number of aryl methyl sites for hydroxylation is 1. The minimum Gasteiger partial charge on any atom is -0.485 e. The minimum atomic E-state index is -0.742. The van der Waals surface area contributed by atoms with Crippen LogP contribution in [-0.4, -0.2) is 24.8 Å². The van der Waals surface area contributed by atoms with E-state index in [4.69, 9.17) is 13.9 Å². The number of furan rings is 1. The normalized spacial score (nSPS) is 16.1. The first-order valence-corrected chi connectivity index (χ1v) is 8.48. The van der Waals surface area contributed by atoms with Gasteiger partial charge in [0.05, 0.1) is 6.21 Å². The van der Waals surface area contributed by atoms with Crippen LogP contribution in [-0.2, 0) is 11.2 Å². The number of ether oxygens (including phenoxy) is 2. The Balaban J connectivity index is 1.47. The molecule has 0 radical (unpaired) electrons. The SMILES string of the molecule is CCc1oc2ccccc2c1/C=N\NC(=O)[C@@H]1COc2ccccc2O1. The lowest BCUT2D eigenvalue weighted by Gasteiger charge is -2.24. The van der Waals surface area contributed by atoms with Gasteiger partial charge in [0.2, 0.25) is 6.10 Å². The van der Waals surface area contributed by atoms with Crippen LogP contribution < -0.4 is 14.9 Å². The second kappa shape index (κ2) is 6.92. The van der Waals surface area contributed by atoms with Gasteiger partial charge in [-0.1, -0.05) is 37.3 Å². The van der Waals surface area contributed by atoms with Gasteiger partial charge in [0.15, 0.2) is 11.5 Å². The van der Waals surface area contributed by atoms with Gasteiger partial charge >= 0.3 is 0 Å². The van der Waals surface area contributed by atoms with Crippen LogP contribution >= 0.6 is 0 Å². The van der Waals surface area contributed by atoms with Crippen molar-refractivity contribution in [3.63, 3.8) is 0 Å². The van der Waals surface area contributed by atoms with E-state index >= 15 is 0 Å². The molecule has 2 heterocycles. The van der Waals surface area contributed by atoms with E-state index in [0.29, 0.717) is 11.5 Å². The van der Waals surface area contributed by atoms with Crippen LogP contribution in [0.5, 0.6) is 11.5 Å². The first kappa shape index (κ1) is 16.2. The number of nitrogens with one attached hydrogen (secondary N) is 1. The summed E-state index contributed by atoms with van der Waals surface area (Å²) in [6.07, 6.45) is 1.61. The van der Waals surface area contributed by atoms with Crippen molar-refractivity contribution in [2.75, 3.05) is 6.61 Å². The highest BCUT2D eigenvalue weighted by molar-refractivity contribution is 5.99. The van der Waals surface area contributed by atoms with Gasteiger partial charge in [-0.25, -0.2) is 5.43 Å². The molecular formula is C20H18N2O4. The van der Waals surface area contributed by atoms with Gasteiger partial charge < -0.3 is 13.9 Å². The van der Waals surface area contributed by atoms with Crippen LogP contribution in [0.4, 0.5) is 0 Å². The fourth-order valence-corrected chi connectivity index (χ4v) is 2.90. The lowest BCUT2D eigenvalue weighted by molar-refractivity contribution is -0.130. The van der Waals surface area contributed by atoms with Gasteiger partial charge in [0.25, 0.3) is 5.91 Å². The summed E-state index contributed by atoms with van der Waals surface area (Å²) in [5, 5.41) is 5.05. The number of carbonyl (C=O) groups is 1. The average molecular weight is 350 g/mol. The van der Waals surface area contributed by atoms with Gasteiger partial charge in [0.1, 0.15) is 18.0 Å². The van der Waals surface area contributed by atoms with Gasteiger partial charge in [-0.3, -0.25) is 4.79 Å². The average Bonchev–Trinajstić information content (AvgIpc) is 3.05. The lowest BCUT2D eigenvalue weighted by atomic mass is 10.1. The summed E-state index contributed by atoms with van der Waals surface area (Å²) in [7, 11) is 0. The van der Waals surface area contributed by atoms with E-state index in [1.165, 1.54) is 0 Å². The van der Waals surface area contributed by atoms with Crippen molar-refractivity contribution in [2.45, 2.75) is 19.4 Å². The summed E-state index contributed by atoms with van der Waals surface area (Å²) in [5.74, 6) is 1.66. The largest absolute Gasteiger partial charge is 0.485 e. The molecular weight excluding hydrogens is 332 g/mol. The number of rotatable bonds is 4. The van der Waals surface area contributed by atoms with E-state index in [1.54, 1.807) is 18.3 Å². The molecule has 1 aliphatic heterocycles. The predicted molar refractivity (Wildman–Crippen MR) is 97.7 cm³/mol. The van der Waals surface area contributed by atoms with Gasteiger partial charge in [0, 0.05) is 17.4 Å². The third kappa shape index (κ3) is 3.01. The van der Waals surface area contributed by atoms with Crippen molar-refractivity contribution in [3.8, 4) is 11.5 Å². The van der Waals surface area contributed by atoms with Crippen LogP contribution in [0.1, 0.15) is 18.2 Å². The quantitative estimate of drug-likeness (QED) is 0.579. The van der Waals surface area contributed by atoms with E-state index in [0.717, 1.165) is 28.7 Å². The molecule has 0 spiro atoms.